The van der Waals surface area contributed by atoms with E-state index in [9.17, 15) is 21.6 Å². The minimum atomic E-state index is -4.53. The molecule has 0 N–H and O–H groups in total. The van der Waals surface area contributed by atoms with Crippen LogP contribution in [0.4, 0.5) is 13.2 Å². The first-order chi connectivity index (χ1) is 8.91. The number of benzene rings is 1. The maximum atomic E-state index is 12.7. The maximum absolute atomic E-state index is 12.7. The Labute approximate surface area is 120 Å². The highest BCUT2D eigenvalue weighted by molar-refractivity contribution is 8.13. The molecule has 0 atom stereocenters. The molecule has 0 aromatic heterocycles. The molecule has 0 saturated carbocycles. The quantitative estimate of drug-likeness (QED) is 0.773. The second-order valence-corrected chi connectivity index (χ2v) is 7.91. The summed E-state index contributed by atoms with van der Waals surface area (Å²) < 4.78 is 65.4. The molecule has 0 fully saturated rings. The lowest BCUT2D eigenvalue weighted by Crippen LogP contribution is -2.29. The topological polar surface area (TPSA) is 43.4 Å². The third-order valence-electron chi connectivity index (χ3n) is 2.37. The summed E-state index contributed by atoms with van der Waals surface area (Å²) in [5.41, 5.74) is -1.80. The van der Waals surface area contributed by atoms with Crippen molar-refractivity contribution in [1.29, 1.82) is 0 Å². The SMILES string of the molecule is CC(C)(COc1ccccc1C(F)(F)F)CS(=O)(=O)Cl. The molecule has 3 nitrogen and oxygen atoms in total. The van der Waals surface area contributed by atoms with Crippen molar-refractivity contribution in [2.45, 2.75) is 20.0 Å². The van der Waals surface area contributed by atoms with Gasteiger partial charge >= 0.3 is 6.18 Å². The van der Waals surface area contributed by atoms with Crippen molar-refractivity contribution in [3.63, 3.8) is 0 Å². The normalized spacial score (nSPS) is 13.3. The highest BCUT2D eigenvalue weighted by atomic mass is 35.7. The summed E-state index contributed by atoms with van der Waals surface area (Å²) in [5.74, 6) is -0.726. The summed E-state index contributed by atoms with van der Waals surface area (Å²) in [4.78, 5) is 0. The summed E-state index contributed by atoms with van der Waals surface area (Å²) >= 11 is 0. The van der Waals surface area contributed by atoms with Crippen LogP contribution in [-0.4, -0.2) is 20.8 Å². The third-order valence-corrected chi connectivity index (χ3v) is 3.83. The number of hydrogen-bond donors (Lipinski definition) is 0. The van der Waals surface area contributed by atoms with Crippen LogP contribution in [0.25, 0.3) is 0 Å². The fourth-order valence-corrected chi connectivity index (χ4v) is 3.51. The van der Waals surface area contributed by atoms with Crippen LogP contribution in [0.3, 0.4) is 0 Å². The molecule has 0 radical (unpaired) electrons. The minimum absolute atomic E-state index is 0.202. The highest BCUT2D eigenvalue weighted by Crippen LogP contribution is 2.36. The van der Waals surface area contributed by atoms with Crippen molar-refractivity contribution in [1.82, 2.24) is 0 Å². The van der Waals surface area contributed by atoms with Crippen LogP contribution in [0.5, 0.6) is 5.75 Å². The molecule has 114 valence electrons. The predicted molar refractivity (Wildman–Crippen MR) is 70.4 cm³/mol. The molecular formula is C12H14ClF3O3S. The van der Waals surface area contributed by atoms with Crippen LogP contribution in [0.2, 0.25) is 0 Å². The molecule has 0 unspecified atom stereocenters. The predicted octanol–water partition coefficient (Wildman–Crippen LogP) is 3.68. The van der Waals surface area contributed by atoms with E-state index >= 15 is 0 Å². The first-order valence-electron chi connectivity index (χ1n) is 5.62. The molecule has 0 heterocycles. The molecule has 0 aliphatic heterocycles. The van der Waals surface area contributed by atoms with Crippen LogP contribution >= 0.6 is 10.7 Å². The van der Waals surface area contributed by atoms with E-state index in [2.05, 4.69) is 0 Å². The zero-order valence-electron chi connectivity index (χ0n) is 10.9. The molecule has 0 aliphatic rings. The van der Waals surface area contributed by atoms with Crippen molar-refractivity contribution < 1.29 is 26.3 Å². The van der Waals surface area contributed by atoms with Crippen LogP contribution in [0, 0.1) is 5.41 Å². The second kappa shape index (κ2) is 5.81. The first kappa shape index (κ1) is 17.1. The Morgan fingerprint density at radius 1 is 1.20 bits per heavy atom. The lowest BCUT2D eigenvalue weighted by Gasteiger charge is -2.24. The van der Waals surface area contributed by atoms with Gasteiger partial charge in [0.15, 0.2) is 0 Å². The molecule has 0 bridgehead atoms. The number of halogens is 4. The lowest BCUT2D eigenvalue weighted by molar-refractivity contribution is -0.139. The third kappa shape index (κ3) is 5.58. The number of alkyl halides is 3. The van der Waals surface area contributed by atoms with Crippen LogP contribution in [0.1, 0.15) is 19.4 Å². The van der Waals surface area contributed by atoms with Crippen LogP contribution < -0.4 is 4.74 Å². The van der Waals surface area contributed by atoms with Crippen molar-refractivity contribution in [2.75, 3.05) is 12.4 Å². The largest absolute Gasteiger partial charge is 0.492 e. The molecular weight excluding hydrogens is 317 g/mol. The van der Waals surface area contributed by atoms with Crippen LogP contribution in [-0.2, 0) is 15.2 Å². The average Bonchev–Trinajstić information content (AvgIpc) is 2.22. The van der Waals surface area contributed by atoms with Crippen molar-refractivity contribution in [2.24, 2.45) is 5.41 Å². The smallest absolute Gasteiger partial charge is 0.419 e. The zero-order valence-corrected chi connectivity index (χ0v) is 12.4. The van der Waals surface area contributed by atoms with Gasteiger partial charge in [0.2, 0.25) is 9.05 Å². The van der Waals surface area contributed by atoms with E-state index in [0.29, 0.717) is 0 Å². The summed E-state index contributed by atoms with van der Waals surface area (Å²) in [7, 11) is 1.39. The Bertz CT molecular complexity index is 568. The van der Waals surface area contributed by atoms with Gasteiger partial charge in [0.25, 0.3) is 0 Å². The molecule has 0 spiro atoms. The van der Waals surface area contributed by atoms with Crippen LogP contribution in [0.15, 0.2) is 24.3 Å². The monoisotopic (exact) mass is 330 g/mol. The molecule has 0 aliphatic carbocycles. The van der Waals surface area contributed by atoms with Gasteiger partial charge in [0, 0.05) is 16.1 Å². The molecule has 1 aromatic carbocycles. The van der Waals surface area contributed by atoms with Gasteiger partial charge in [-0.15, -0.1) is 0 Å². The van der Waals surface area contributed by atoms with Gasteiger partial charge in [-0.2, -0.15) is 13.2 Å². The Morgan fingerprint density at radius 3 is 2.25 bits per heavy atom. The van der Waals surface area contributed by atoms with E-state index in [1.807, 2.05) is 0 Å². The number of rotatable bonds is 5. The fourth-order valence-electron chi connectivity index (χ4n) is 1.61. The van der Waals surface area contributed by atoms with E-state index in [-0.39, 0.29) is 12.4 Å². The standard InChI is InChI=1S/C12H14ClF3O3S/c1-11(2,8-20(13,17)18)7-19-10-6-4-3-5-9(10)12(14,15)16/h3-6H,7-8H2,1-2H3. The van der Waals surface area contributed by atoms with Crippen molar-refractivity contribution >= 4 is 19.7 Å². The van der Waals surface area contributed by atoms with Crippen molar-refractivity contribution in [3.05, 3.63) is 29.8 Å². The summed E-state index contributed by atoms with van der Waals surface area (Å²) in [5, 5.41) is 0. The van der Waals surface area contributed by atoms with E-state index in [1.165, 1.54) is 18.2 Å². The Morgan fingerprint density at radius 2 is 1.75 bits per heavy atom. The minimum Gasteiger partial charge on any atom is -0.492 e. The Hall–Kier alpha value is -0.950. The first-order valence-corrected chi connectivity index (χ1v) is 8.10. The second-order valence-electron chi connectivity index (χ2n) is 5.13. The number of hydrogen-bond acceptors (Lipinski definition) is 3. The maximum Gasteiger partial charge on any atom is 0.419 e. The Balaban J connectivity index is 2.86. The average molecular weight is 331 g/mol. The van der Waals surface area contributed by atoms with Gasteiger partial charge in [-0.3, -0.25) is 0 Å². The van der Waals surface area contributed by atoms with E-state index < -0.39 is 32.0 Å². The van der Waals surface area contributed by atoms with E-state index in [0.717, 1.165) is 6.07 Å². The van der Waals surface area contributed by atoms with E-state index in [4.69, 9.17) is 15.4 Å². The number of para-hydroxylation sites is 1. The van der Waals surface area contributed by atoms with Gasteiger partial charge in [-0.05, 0) is 12.1 Å². The summed E-state index contributed by atoms with van der Waals surface area (Å²) in [6.45, 7) is 2.89. The lowest BCUT2D eigenvalue weighted by atomic mass is 9.98. The Kier molecular flexibility index (Phi) is 4.97. The summed E-state index contributed by atoms with van der Waals surface area (Å²) in [6.07, 6.45) is -4.53. The van der Waals surface area contributed by atoms with E-state index in [1.54, 1.807) is 13.8 Å². The van der Waals surface area contributed by atoms with Gasteiger partial charge in [-0.1, -0.05) is 26.0 Å². The molecule has 0 amide bonds. The van der Waals surface area contributed by atoms with Crippen molar-refractivity contribution in [3.8, 4) is 5.75 Å². The highest BCUT2D eigenvalue weighted by Gasteiger charge is 2.35. The van der Waals surface area contributed by atoms with Gasteiger partial charge in [0.1, 0.15) is 5.75 Å². The molecule has 1 aromatic rings. The zero-order chi connectivity index (χ0) is 15.6. The summed E-state index contributed by atoms with van der Waals surface area (Å²) in [6, 6.07) is 4.76. The molecule has 8 heteroatoms. The van der Waals surface area contributed by atoms with Gasteiger partial charge in [-0.25, -0.2) is 8.42 Å². The fraction of sp³-hybridized carbons (Fsp3) is 0.500. The molecule has 1 rings (SSSR count). The number of ether oxygens (including phenoxy) is 1. The van der Waals surface area contributed by atoms with Gasteiger partial charge < -0.3 is 4.74 Å². The molecule has 20 heavy (non-hydrogen) atoms. The molecule has 0 saturated heterocycles. The van der Waals surface area contributed by atoms with Gasteiger partial charge in [0.05, 0.1) is 17.9 Å².